The summed E-state index contributed by atoms with van der Waals surface area (Å²) < 4.78 is 19.1. The van der Waals surface area contributed by atoms with Gasteiger partial charge in [-0.3, -0.25) is 0 Å². The van der Waals surface area contributed by atoms with Crippen molar-refractivity contribution in [3.8, 4) is 5.88 Å². The standard InChI is InChI=1S/C19H23ClFN3O/c20-17-13-15(6-7-18(17)21)24(16-8-10-22-14-16)11-3-4-12-25-19-5-1-2-9-23-19/h1-2,5-7,9,13,16,22H,3-4,8,10-12,14H2. The molecule has 0 radical (unpaired) electrons. The predicted octanol–water partition coefficient (Wildman–Crippen LogP) is 3.90. The number of rotatable bonds is 8. The highest BCUT2D eigenvalue weighted by atomic mass is 35.5. The van der Waals surface area contributed by atoms with Crippen molar-refractivity contribution in [3.63, 3.8) is 0 Å². The number of benzene rings is 1. The van der Waals surface area contributed by atoms with Gasteiger partial charge in [-0.15, -0.1) is 0 Å². The molecule has 1 aromatic carbocycles. The first-order valence-corrected chi connectivity index (χ1v) is 9.08. The number of aromatic nitrogens is 1. The molecule has 4 nitrogen and oxygen atoms in total. The Hall–Kier alpha value is -1.85. The molecular formula is C19H23ClFN3O. The third-order valence-electron chi connectivity index (χ3n) is 4.39. The van der Waals surface area contributed by atoms with Gasteiger partial charge in [0.2, 0.25) is 5.88 Å². The van der Waals surface area contributed by atoms with Crippen LogP contribution >= 0.6 is 11.6 Å². The van der Waals surface area contributed by atoms with E-state index in [2.05, 4.69) is 15.2 Å². The number of pyridine rings is 1. The molecule has 0 bridgehead atoms. The molecular weight excluding hydrogens is 341 g/mol. The first-order valence-electron chi connectivity index (χ1n) is 8.70. The summed E-state index contributed by atoms with van der Waals surface area (Å²) in [7, 11) is 0. The van der Waals surface area contributed by atoms with E-state index >= 15 is 0 Å². The Kier molecular flexibility index (Phi) is 6.48. The van der Waals surface area contributed by atoms with Crippen LogP contribution < -0.4 is 15.0 Å². The minimum atomic E-state index is -0.376. The van der Waals surface area contributed by atoms with Gasteiger partial charge in [-0.25, -0.2) is 9.37 Å². The molecule has 1 aliphatic heterocycles. The molecule has 25 heavy (non-hydrogen) atoms. The maximum Gasteiger partial charge on any atom is 0.213 e. The van der Waals surface area contributed by atoms with Gasteiger partial charge in [-0.1, -0.05) is 17.7 Å². The summed E-state index contributed by atoms with van der Waals surface area (Å²) in [6.07, 6.45) is 4.72. The average Bonchev–Trinajstić information content (AvgIpc) is 3.16. The molecule has 3 rings (SSSR count). The fourth-order valence-electron chi connectivity index (χ4n) is 3.09. The molecule has 2 heterocycles. The van der Waals surface area contributed by atoms with Crippen molar-refractivity contribution in [1.82, 2.24) is 10.3 Å². The van der Waals surface area contributed by atoms with E-state index in [1.807, 2.05) is 24.3 Å². The number of ether oxygens (including phenoxy) is 1. The lowest BCUT2D eigenvalue weighted by Crippen LogP contribution is -2.37. The molecule has 1 aromatic heterocycles. The molecule has 1 fully saturated rings. The molecule has 1 aliphatic rings. The molecule has 0 amide bonds. The normalized spacial score (nSPS) is 16.8. The summed E-state index contributed by atoms with van der Waals surface area (Å²) >= 11 is 5.97. The fourth-order valence-corrected chi connectivity index (χ4v) is 3.26. The van der Waals surface area contributed by atoms with Gasteiger partial charge in [0.25, 0.3) is 0 Å². The van der Waals surface area contributed by atoms with E-state index in [0.29, 0.717) is 18.5 Å². The maximum atomic E-state index is 13.5. The second-order valence-corrected chi connectivity index (χ2v) is 6.57. The molecule has 1 saturated heterocycles. The Balaban J connectivity index is 1.54. The smallest absolute Gasteiger partial charge is 0.213 e. The Morgan fingerprint density at radius 3 is 2.92 bits per heavy atom. The number of nitrogens with zero attached hydrogens (tertiary/aromatic N) is 2. The first-order chi connectivity index (χ1) is 12.2. The SMILES string of the molecule is Fc1ccc(N(CCCCOc2ccccn2)C2CCNC2)cc1Cl. The minimum Gasteiger partial charge on any atom is -0.478 e. The van der Waals surface area contributed by atoms with Crippen molar-refractivity contribution >= 4 is 17.3 Å². The van der Waals surface area contributed by atoms with E-state index in [4.69, 9.17) is 16.3 Å². The highest BCUT2D eigenvalue weighted by Gasteiger charge is 2.22. The molecule has 2 aromatic rings. The van der Waals surface area contributed by atoms with Crippen LogP contribution in [0.1, 0.15) is 19.3 Å². The van der Waals surface area contributed by atoms with Crippen LogP contribution in [0.2, 0.25) is 5.02 Å². The summed E-state index contributed by atoms with van der Waals surface area (Å²) in [5.41, 5.74) is 0.978. The van der Waals surface area contributed by atoms with Gasteiger partial charge in [-0.05, 0) is 50.1 Å². The molecule has 134 valence electrons. The van der Waals surface area contributed by atoms with Crippen molar-refractivity contribution in [1.29, 1.82) is 0 Å². The average molecular weight is 364 g/mol. The van der Waals surface area contributed by atoms with Crippen LogP contribution in [0.3, 0.4) is 0 Å². The lowest BCUT2D eigenvalue weighted by Gasteiger charge is -2.31. The Morgan fingerprint density at radius 2 is 2.20 bits per heavy atom. The van der Waals surface area contributed by atoms with Crippen molar-refractivity contribution in [2.75, 3.05) is 31.1 Å². The number of unbranched alkanes of at least 4 members (excludes halogenated alkanes) is 1. The van der Waals surface area contributed by atoms with Crippen molar-refractivity contribution in [2.24, 2.45) is 0 Å². The van der Waals surface area contributed by atoms with E-state index in [-0.39, 0.29) is 10.8 Å². The van der Waals surface area contributed by atoms with E-state index in [0.717, 1.165) is 44.6 Å². The zero-order chi connectivity index (χ0) is 17.5. The van der Waals surface area contributed by atoms with Crippen LogP contribution in [0.25, 0.3) is 0 Å². The topological polar surface area (TPSA) is 37.4 Å². The first kappa shape index (κ1) is 18.0. The molecule has 0 saturated carbocycles. The van der Waals surface area contributed by atoms with Crippen LogP contribution in [-0.2, 0) is 0 Å². The third kappa shape index (κ3) is 5.06. The van der Waals surface area contributed by atoms with Crippen molar-refractivity contribution < 1.29 is 9.13 Å². The molecule has 1 unspecified atom stereocenters. The van der Waals surface area contributed by atoms with Crippen LogP contribution in [-0.4, -0.2) is 37.3 Å². The fraction of sp³-hybridized carbons (Fsp3) is 0.421. The molecule has 1 atom stereocenters. The van der Waals surface area contributed by atoms with E-state index in [9.17, 15) is 4.39 Å². The summed E-state index contributed by atoms with van der Waals surface area (Å²) in [6, 6.07) is 11.0. The largest absolute Gasteiger partial charge is 0.478 e. The van der Waals surface area contributed by atoms with Crippen LogP contribution in [0.5, 0.6) is 5.88 Å². The number of hydrogen-bond donors (Lipinski definition) is 1. The second kappa shape index (κ2) is 9.02. The number of anilines is 1. The summed E-state index contributed by atoms with van der Waals surface area (Å²) in [6.45, 7) is 3.48. The Labute approximate surface area is 153 Å². The molecule has 0 aliphatic carbocycles. The summed E-state index contributed by atoms with van der Waals surface area (Å²) in [5.74, 6) is 0.281. The number of nitrogens with one attached hydrogen (secondary N) is 1. The van der Waals surface area contributed by atoms with Crippen LogP contribution in [0, 0.1) is 5.82 Å². The van der Waals surface area contributed by atoms with Crippen LogP contribution in [0.4, 0.5) is 10.1 Å². The van der Waals surface area contributed by atoms with Gasteiger partial charge >= 0.3 is 0 Å². The van der Waals surface area contributed by atoms with Crippen molar-refractivity contribution in [3.05, 3.63) is 53.4 Å². The minimum absolute atomic E-state index is 0.173. The maximum absolute atomic E-state index is 13.5. The zero-order valence-corrected chi connectivity index (χ0v) is 14.9. The van der Waals surface area contributed by atoms with Gasteiger partial charge in [0, 0.05) is 37.1 Å². The molecule has 6 heteroatoms. The number of hydrogen-bond acceptors (Lipinski definition) is 4. The van der Waals surface area contributed by atoms with Gasteiger partial charge in [-0.2, -0.15) is 0 Å². The molecule has 1 N–H and O–H groups in total. The number of halogens is 2. The zero-order valence-electron chi connectivity index (χ0n) is 14.1. The molecule has 0 spiro atoms. The van der Waals surface area contributed by atoms with Gasteiger partial charge in [0.15, 0.2) is 0 Å². The Morgan fingerprint density at radius 1 is 1.28 bits per heavy atom. The van der Waals surface area contributed by atoms with Crippen LogP contribution in [0.15, 0.2) is 42.6 Å². The highest BCUT2D eigenvalue weighted by Crippen LogP contribution is 2.26. The second-order valence-electron chi connectivity index (χ2n) is 6.16. The monoisotopic (exact) mass is 363 g/mol. The van der Waals surface area contributed by atoms with Gasteiger partial charge < -0.3 is 15.0 Å². The predicted molar refractivity (Wildman–Crippen MR) is 99.0 cm³/mol. The highest BCUT2D eigenvalue weighted by molar-refractivity contribution is 6.31. The van der Waals surface area contributed by atoms with Gasteiger partial charge in [0.1, 0.15) is 5.82 Å². The lowest BCUT2D eigenvalue weighted by molar-refractivity contribution is 0.295. The van der Waals surface area contributed by atoms with Gasteiger partial charge in [0.05, 0.1) is 11.6 Å². The van der Waals surface area contributed by atoms with E-state index < -0.39 is 0 Å². The third-order valence-corrected chi connectivity index (χ3v) is 4.68. The van der Waals surface area contributed by atoms with Crippen molar-refractivity contribution in [2.45, 2.75) is 25.3 Å². The summed E-state index contributed by atoms with van der Waals surface area (Å²) in [5, 5.41) is 3.56. The van der Waals surface area contributed by atoms with E-state index in [1.165, 1.54) is 6.07 Å². The summed E-state index contributed by atoms with van der Waals surface area (Å²) in [4.78, 5) is 6.47. The Bertz CT molecular complexity index is 665. The lowest BCUT2D eigenvalue weighted by atomic mass is 10.1. The quantitative estimate of drug-likeness (QED) is 0.722. The van der Waals surface area contributed by atoms with E-state index in [1.54, 1.807) is 12.3 Å².